The molecule has 1 aliphatic heterocycles. The highest BCUT2D eigenvalue weighted by Gasteiger charge is 2.29. The summed E-state index contributed by atoms with van der Waals surface area (Å²) in [6.07, 6.45) is 1.24. The molecule has 1 aliphatic rings. The molecule has 1 saturated heterocycles. The fourth-order valence-electron chi connectivity index (χ4n) is 2.40. The summed E-state index contributed by atoms with van der Waals surface area (Å²) in [6.45, 7) is 4.93. The van der Waals surface area contributed by atoms with E-state index in [4.69, 9.17) is 21.1 Å². The van der Waals surface area contributed by atoms with Gasteiger partial charge in [-0.3, -0.25) is 0 Å². The van der Waals surface area contributed by atoms with Crippen LogP contribution in [0, 0.1) is 5.92 Å². The lowest BCUT2D eigenvalue weighted by molar-refractivity contribution is 0.0906. The van der Waals surface area contributed by atoms with Crippen molar-refractivity contribution in [3.63, 3.8) is 0 Å². The van der Waals surface area contributed by atoms with Crippen molar-refractivity contribution in [2.24, 2.45) is 5.92 Å². The molecule has 4 heteroatoms. The van der Waals surface area contributed by atoms with Gasteiger partial charge in [0.15, 0.2) is 0 Å². The third kappa shape index (κ3) is 2.97. The van der Waals surface area contributed by atoms with Gasteiger partial charge in [-0.2, -0.15) is 0 Å². The molecule has 1 N–H and O–H groups in total. The maximum atomic E-state index is 6.16. The number of nitrogens with one attached hydrogen (secondary N) is 1. The average molecular weight is 270 g/mol. The van der Waals surface area contributed by atoms with E-state index >= 15 is 0 Å². The van der Waals surface area contributed by atoms with Gasteiger partial charge in [-0.1, -0.05) is 24.6 Å². The zero-order valence-corrected chi connectivity index (χ0v) is 11.7. The van der Waals surface area contributed by atoms with E-state index in [0.717, 1.165) is 31.7 Å². The van der Waals surface area contributed by atoms with Gasteiger partial charge in [0.25, 0.3) is 0 Å². The smallest absolute Gasteiger partial charge is 0.137 e. The molecular formula is C14H20ClNO2. The van der Waals surface area contributed by atoms with Crippen molar-refractivity contribution in [3.8, 4) is 5.75 Å². The first-order valence-corrected chi connectivity index (χ1v) is 6.79. The van der Waals surface area contributed by atoms with Crippen LogP contribution in [0.15, 0.2) is 18.2 Å². The topological polar surface area (TPSA) is 30.5 Å². The number of rotatable bonds is 5. The van der Waals surface area contributed by atoms with Gasteiger partial charge in [-0.15, -0.1) is 0 Å². The summed E-state index contributed by atoms with van der Waals surface area (Å²) >= 11 is 6.16. The number of hydrogen-bond acceptors (Lipinski definition) is 3. The second kappa shape index (κ2) is 6.41. The predicted octanol–water partition coefficient (Wildman–Crippen LogP) is 3.04. The number of benzene rings is 1. The Morgan fingerprint density at radius 2 is 2.33 bits per heavy atom. The van der Waals surface area contributed by atoms with Crippen LogP contribution >= 0.6 is 11.6 Å². The SMILES string of the molecule is CCNCC1CCOC1c1ccc(OC)c(Cl)c1. The van der Waals surface area contributed by atoms with Crippen molar-refractivity contribution in [2.45, 2.75) is 19.4 Å². The summed E-state index contributed by atoms with van der Waals surface area (Å²) in [4.78, 5) is 0. The normalized spacial score (nSPS) is 23.3. The van der Waals surface area contributed by atoms with Gasteiger partial charge < -0.3 is 14.8 Å². The first-order valence-electron chi connectivity index (χ1n) is 6.42. The van der Waals surface area contributed by atoms with E-state index in [0.29, 0.717) is 16.7 Å². The Bertz CT molecular complexity index is 397. The predicted molar refractivity (Wildman–Crippen MR) is 73.3 cm³/mol. The largest absolute Gasteiger partial charge is 0.495 e. The first kappa shape index (κ1) is 13.7. The van der Waals surface area contributed by atoms with Gasteiger partial charge in [0, 0.05) is 19.1 Å². The zero-order valence-electron chi connectivity index (χ0n) is 10.9. The first-order chi connectivity index (χ1) is 8.76. The summed E-state index contributed by atoms with van der Waals surface area (Å²) in [5.74, 6) is 1.23. The molecule has 0 radical (unpaired) electrons. The van der Waals surface area contributed by atoms with Crippen molar-refractivity contribution >= 4 is 11.6 Å². The fraction of sp³-hybridized carbons (Fsp3) is 0.571. The van der Waals surface area contributed by atoms with E-state index in [1.54, 1.807) is 7.11 Å². The van der Waals surface area contributed by atoms with Crippen LogP contribution in [0.1, 0.15) is 25.0 Å². The number of halogens is 1. The molecule has 3 nitrogen and oxygen atoms in total. The Morgan fingerprint density at radius 3 is 3.00 bits per heavy atom. The van der Waals surface area contributed by atoms with E-state index < -0.39 is 0 Å². The van der Waals surface area contributed by atoms with Crippen LogP contribution < -0.4 is 10.1 Å². The van der Waals surface area contributed by atoms with Crippen LogP contribution in [0.2, 0.25) is 5.02 Å². The Hall–Kier alpha value is -0.770. The molecule has 0 spiro atoms. The summed E-state index contributed by atoms with van der Waals surface area (Å²) in [5.41, 5.74) is 1.14. The van der Waals surface area contributed by atoms with Crippen molar-refractivity contribution in [2.75, 3.05) is 26.8 Å². The van der Waals surface area contributed by atoms with E-state index in [1.807, 2.05) is 18.2 Å². The molecule has 2 rings (SSSR count). The minimum Gasteiger partial charge on any atom is -0.495 e. The lowest BCUT2D eigenvalue weighted by atomic mass is 9.95. The Balaban J connectivity index is 2.12. The van der Waals surface area contributed by atoms with Crippen molar-refractivity contribution in [1.82, 2.24) is 5.32 Å². The van der Waals surface area contributed by atoms with Crippen LogP contribution in [0.4, 0.5) is 0 Å². The van der Waals surface area contributed by atoms with Gasteiger partial charge in [-0.25, -0.2) is 0 Å². The fourth-order valence-corrected chi connectivity index (χ4v) is 2.67. The third-order valence-corrected chi connectivity index (χ3v) is 3.67. The lowest BCUT2D eigenvalue weighted by Crippen LogP contribution is -2.24. The number of ether oxygens (including phenoxy) is 2. The quantitative estimate of drug-likeness (QED) is 0.891. The zero-order chi connectivity index (χ0) is 13.0. The lowest BCUT2D eigenvalue weighted by Gasteiger charge is -2.19. The van der Waals surface area contributed by atoms with Crippen LogP contribution in [-0.2, 0) is 4.74 Å². The molecule has 1 heterocycles. The molecule has 0 amide bonds. The molecule has 1 aromatic carbocycles. The number of hydrogen-bond donors (Lipinski definition) is 1. The van der Waals surface area contributed by atoms with Crippen molar-refractivity contribution in [3.05, 3.63) is 28.8 Å². The molecule has 0 aliphatic carbocycles. The Labute approximate surface area is 113 Å². The molecule has 100 valence electrons. The van der Waals surface area contributed by atoms with Gasteiger partial charge in [0.1, 0.15) is 5.75 Å². The van der Waals surface area contributed by atoms with E-state index in [-0.39, 0.29) is 6.10 Å². The highest BCUT2D eigenvalue weighted by atomic mass is 35.5. The van der Waals surface area contributed by atoms with Gasteiger partial charge >= 0.3 is 0 Å². The third-order valence-electron chi connectivity index (χ3n) is 3.38. The molecule has 2 atom stereocenters. The molecule has 1 aromatic rings. The Kier molecular flexibility index (Phi) is 4.87. The van der Waals surface area contributed by atoms with Crippen LogP contribution in [-0.4, -0.2) is 26.8 Å². The second-order valence-corrected chi connectivity index (χ2v) is 4.95. The molecular weight excluding hydrogens is 250 g/mol. The highest BCUT2D eigenvalue weighted by molar-refractivity contribution is 6.32. The molecule has 2 unspecified atom stereocenters. The van der Waals surface area contributed by atoms with Crippen molar-refractivity contribution in [1.29, 1.82) is 0 Å². The molecule has 18 heavy (non-hydrogen) atoms. The summed E-state index contributed by atoms with van der Waals surface area (Å²) in [7, 11) is 1.63. The van der Waals surface area contributed by atoms with Gasteiger partial charge in [0.05, 0.1) is 18.2 Å². The standard InChI is InChI=1S/C14H20ClNO2/c1-3-16-9-11-6-7-18-14(11)10-4-5-13(17-2)12(15)8-10/h4-5,8,11,14,16H,3,6-7,9H2,1-2H3. The number of methoxy groups -OCH3 is 1. The summed E-state index contributed by atoms with van der Waals surface area (Å²) < 4.78 is 11.0. The summed E-state index contributed by atoms with van der Waals surface area (Å²) in [6, 6.07) is 5.90. The molecule has 0 saturated carbocycles. The maximum Gasteiger partial charge on any atom is 0.137 e. The van der Waals surface area contributed by atoms with E-state index in [1.165, 1.54) is 0 Å². The average Bonchev–Trinajstić information content (AvgIpc) is 2.84. The van der Waals surface area contributed by atoms with Crippen LogP contribution in [0.3, 0.4) is 0 Å². The van der Waals surface area contributed by atoms with Gasteiger partial charge in [0.2, 0.25) is 0 Å². The molecule has 1 fully saturated rings. The van der Waals surface area contributed by atoms with E-state index in [2.05, 4.69) is 12.2 Å². The van der Waals surface area contributed by atoms with Crippen LogP contribution in [0.5, 0.6) is 5.75 Å². The molecule has 0 bridgehead atoms. The second-order valence-electron chi connectivity index (χ2n) is 4.54. The minimum absolute atomic E-state index is 0.146. The maximum absolute atomic E-state index is 6.16. The van der Waals surface area contributed by atoms with E-state index in [9.17, 15) is 0 Å². The monoisotopic (exact) mass is 269 g/mol. The van der Waals surface area contributed by atoms with Gasteiger partial charge in [-0.05, 0) is 30.7 Å². The summed E-state index contributed by atoms with van der Waals surface area (Å²) in [5, 5.41) is 4.04. The Morgan fingerprint density at radius 1 is 1.50 bits per heavy atom. The molecule has 0 aromatic heterocycles. The minimum atomic E-state index is 0.146. The highest BCUT2D eigenvalue weighted by Crippen LogP contribution is 2.37. The van der Waals surface area contributed by atoms with Crippen LogP contribution in [0.25, 0.3) is 0 Å². The van der Waals surface area contributed by atoms with Crippen molar-refractivity contribution < 1.29 is 9.47 Å².